The predicted molar refractivity (Wildman–Crippen MR) is 93.6 cm³/mol. The fraction of sp³-hybridized carbons (Fsp3) is 0.600. The predicted octanol–water partition coefficient (Wildman–Crippen LogP) is 5.13. The zero-order chi connectivity index (χ0) is 15.7. The molecule has 0 amide bonds. The highest BCUT2D eigenvalue weighted by Gasteiger charge is 2.10. The number of aliphatic hydroxyl groups is 1. The molecule has 21 heavy (non-hydrogen) atoms. The largest absolute Gasteiger partial charge is 0.389 e. The molecule has 1 unspecified atom stereocenters. The van der Waals surface area contributed by atoms with E-state index < -0.39 is 6.10 Å². The molecule has 1 aromatic carbocycles. The number of ether oxygens (including phenoxy) is 1. The van der Waals surface area contributed by atoms with Gasteiger partial charge in [0.05, 0.1) is 28.4 Å². The molecule has 0 heterocycles. The third-order valence-electron chi connectivity index (χ3n) is 3.02. The van der Waals surface area contributed by atoms with Crippen molar-refractivity contribution in [2.75, 3.05) is 25.1 Å². The van der Waals surface area contributed by atoms with E-state index in [9.17, 15) is 5.11 Å². The number of unbranched alkanes of at least 4 members (excludes halogenated alkanes) is 3. The third kappa shape index (κ3) is 7.20. The normalized spacial score (nSPS) is 12.4. The van der Waals surface area contributed by atoms with Crippen LogP contribution in [0.2, 0.25) is 10.0 Å². The van der Waals surface area contributed by atoms with Gasteiger partial charge in [0.2, 0.25) is 0 Å². The van der Waals surface area contributed by atoms with Crippen LogP contribution in [0, 0.1) is 0 Å². The van der Waals surface area contributed by atoms with E-state index in [1.54, 1.807) is 0 Å². The van der Waals surface area contributed by atoms with Crippen LogP contribution in [0.4, 0.5) is 5.69 Å². The lowest BCUT2D eigenvalue weighted by atomic mass is 10.2. The van der Waals surface area contributed by atoms with E-state index in [-0.39, 0.29) is 0 Å². The Morgan fingerprint density at radius 1 is 1.24 bits per heavy atom. The van der Waals surface area contributed by atoms with Gasteiger partial charge in [-0.05, 0) is 34.5 Å². The summed E-state index contributed by atoms with van der Waals surface area (Å²) < 4.78 is 6.19. The summed E-state index contributed by atoms with van der Waals surface area (Å²) in [7, 11) is 0. The highest BCUT2D eigenvalue weighted by Crippen LogP contribution is 2.35. The Kier molecular flexibility index (Phi) is 9.69. The van der Waals surface area contributed by atoms with Crippen molar-refractivity contribution in [3.63, 3.8) is 0 Å². The maximum atomic E-state index is 9.86. The van der Waals surface area contributed by atoms with Gasteiger partial charge in [-0.3, -0.25) is 0 Å². The van der Waals surface area contributed by atoms with Crippen LogP contribution >= 0.6 is 39.1 Å². The number of anilines is 1. The second kappa shape index (κ2) is 10.7. The van der Waals surface area contributed by atoms with Gasteiger partial charge in [-0.25, -0.2) is 0 Å². The standard InChI is InChI=1S/C15H22BrCl2NO2/c1-2-3-4-5-8-21-10-11(20)9-19-13-7-6-12(16)14(17)15(13)18/h6-7,11,19-20H,2-5,8-10H2,1H3. The summed E-state index contributed by atoms with van der Waals surface area (Å²) in [4.78, 5) is 0. The van der Waals surface area contributed by atoms with Gasteiger partial charge in [0, 0.05) is 17.6 Å². The summed E-state index contributed by atoms with van der Waals surface area (Å²) in [6, 6.07) is 3.63. The van der Waals surface area contributed by atoms with Gasteiger partial charge in [-0.2, -0.15) is 0 Å². The Morgan fingerprint density at radius 2 is 2.00 bits per heavy atom. The lowest BCUT2D eigenvalue weighted by Gasteiger charge is -2.15. The number of hydrogen-bond donors (Lipinski definition) is 2. The van der Waals surface area contributed by atoms with E-state index in [2.05, 4.69) is 28.2 Å². The molecule has 0 spiro atoms. The van der Waals surface area contributed by atoms with Crippen molar-refractivity contribution in [3.05, 3.63) is 26.7 Å². The topological polar surface area (TPSA) is 41.5 Å². The Balaban J connectivity index is 2.24. The summed E-state index contributed by atoms with van der Waals surface area (Å²) in [6.07, 6.45) is 4.09. The molecule has 0 radical (unpaired) electrons. The van der Waals surface area contributed by atoms with E-state index in [0.29, 0.717) is 35.5 Å². The molecule has 0 fully saturated rings. The van der Waals surface area contributed by atoms with Crippen LogP contribution in [0.3, 0.4) is 0 Å². The highest BCUT2D eigenvalue weighted by atomic mass is 79.9. The van der Waals surface area contributed by atoms with Crippen LogP contribution < -0.4 is 5.32 Å². The van der Waals surface area contributed by atoms with Gasteiger partial charge >= 0.3 is 0 Å². The summed E-state index contributed by atoms with van der Waals surface area (Å²) in [5, 5.41) is 13.8. The molecule has 0 saturated heterocycles. The second-order valence-electron chi connectivity index (χ2n) is 4.89. The van der Waals surface area contributed by atoms with Crippen LogP contribution in [0.1, 0.15) is 32.6 Å². The molecule has 6 heteroatoms. The molecule has 1 rings (SSSR count). The van der Waals surface area contributed by atoms with Crippen molar-refractivity contribution in [1.82, 2.24) is 0 Å². The molecule has 3 nitrogen and oxygen atoms in total. The third-order valence-corrected chi connectivity index (χ3v) is 4.79. The maximum Gasteiger partial charge on any atom is 0.0945 e. The molecule has 0 aliphatic carbocycles. The number of nitrogens with one attached hydrogen (secondary N) is 1. The first kappa shape index (κ1) is 19.0. The summed E-state index contributed by atoms with van der Waals surface area (Å²) in [6.45, 7) is 3.56. The lowest BCUT2D eigenvalue weighted by molar-refractivity contribution is 0.0417. The first-order valence-electron chi connectivity index (χ1n) is 7.19. The first-order chi connectivity index (χ1) is 10.1. The molecule has 120 valence electrons. The number of halogens is 3. The van der Waals surface area contributed by atoms with Crippen molar-refractivity contribution >= 4 is 44.8 Å². The SMILES string of the molecule is CCCCCCOCC(O)CNc1ccc(Br)c(Cl)c1Cl. The minimum absolute atomic E-state index is 0.320. The van der Waals surface area contributed by atoms with Crippen LogP contribution in [0.5, 0.6) is 0 Å². The minimum Gasteiger partial charge on any atom is -0.389 e. The minimum atomic E-state index is -0.574. The molecule has 1 aromatic rings. The monoisotopic (exact) mass is 397 g/mol. The summed E-state index contributed by atoms with van der Waals surface area (Å²) in [5.74, 6) is 0. The van der Waals surface area contributed by atoms with Crippen molar-refractivity contribution in [1.29, 1.82) is 0 Å². The molecule has 1 atom stereocenters. The van der Waals surface area contributed by atoms with Crippen molar-refractivity contribution in [3.8, 4) is 0 Å². The van der Waals surface area contributed by atoms with Crippen LogP contribution in [-0.4, -0.2) is 31.0 Å². The number of aliphatic hydroxyl groups excluding tert-OH is 1. The number of benzene rings is 1. The van der Waals surface area contributed by atoms with E-state index >= 15 is 0 Å². The molecule has 0 aromatic heterocycles. The summed E-state index contributed by atoms with van der Waals surface area (Å²) in [5.41, 5.74) is 0.701. The van der Waals surface area contributed by atoms with E-state index in [1.807, 2.05) is 12.1 Å². The van der Waals surface area contributed by atoms with Gasteiger partial charge < -0.3 is 15.2 Å². The maximum absolute atomic E-state index is 9.86. The van der Waals surface area contributed by atoms with Gasteiger partial charge in [-0.15, -0.1) is 0 Å². The van der Waals surface area contributed by atoms with Crippen LogP contribution in [-0.2, 0) is 4.74 Å². The van der Waals surface area contributed by atoms with Crippen molar-refractivity contribution in [2.45, 2.75) is 38.7 Å². The molecule has 2 N–H and O–H groups in total. The average Bonchev–Trinajstić information content (AvgIpc) is 2.47. The molecule has 0 saturated carbocycles. The average molecular weight is 399 g/mol. The Labute approximate surface area is 145 Å². The van der Waals surface area contributed by atoms with Crippen LogP contribution in [0.25, 0.3) is 0 Å². The second-order valence-corrected chi connectivity index (χ2v) is 6.50. The Morgan fingerprint density at radius 3 is 2.71 bits per heavy atom. The van der Waals surface area contributed by atoms with Gasteiger partial charge in [0.1, 0.15) is 0 Å². The van der Waals surface area contributed by atoms with Crippen molar-refractivity contribution in [2.24, 2.45) is 0 Å². The van der Waals surface area contributed by atoms with Gasteiger partial charge in [0.25, 0.3) is 0 Å². The Hall–Kier alpha value is -0.000000000000000111. The molecular formula is C15H22BrCl2NO2. The van der Waals surface area contributed by atoms with E-state index in [1.165, 1.54) is 19.3 Å². The van der Waals surface area contributed by atoms with E-state index in [0.717, 1.165) is 10.9 Å². The van der Waals surface area contributed by atoms with Gasteiger partial charge in [0.15, 0.2) is 0 Å². The lowest BCUT2D eigenvalue weighted by Crippen LogP contribution is -2.25. The zero-order valence-corrected chi connectivity index (χ0v) is 15.3. The smallest absolute Gasteiger partial charge is 0.0945 e. The van der Waals surface area contributed by atoms with Crippen LogP contribution in [0.15, 0.2) is 16.6 Å². The molecular weight excluding hydrogens is 377 g/mol. The first-order valence-corrected chi connectivity index (χ1v) is 8.74. The Bertz CT molecular complexity index is 432. The highest BCUT2D eigenvalue weighted by molar-refractivity contribution is 9.10. The van der Waals surface area contributed by atoms with Crippen molar-refractivity contribution < 1.29 is 9.84 Å². The fourth-order valence-corrected chi connectivity index (χ4v) is 2.64. The molecule has 0 bridgehead atoms. The quantitative estimate of drug-likeness (QED) is 0.424. The van der Waals surface area contributed by atoms with Gasteiger partial charge in [-0.1, -0.05) is 49.4 Å². The summed E-state index contributed by atoms with van der Waals surface area (Å²) >= 11 is 15.5. The molecule has 0 aliphatic heterocycles. The number of rotatable bonds is 10. The molecule has 0 aliphatic rings. The van der Waals surface area contributed by atoms with E-state index in [4.69, 9.17) is 27.9 Å². The number of hydrogen-bond acceptors (Lipinski definition) is 3. The zero-order valence-electron chi connectivity index (χ0n) is 12.2. The fourth-order valence-electron chi connectivity index (χ4n) is 1.80.